The van der Waals surface area contributed by atoms with Crippen LogP contribution in [0.5, 0.6) is 0 Å². The Hall–Kier alpha value is -2.47. The van der Waals surface area contributed by atoms with Crippen molar-refractivity contribution in [1.29, 1.82) is 0 Å². The van der Waals surface area contributed by atoms with E-state index in [0.717, 1.165) is 16.7 Å². The molecule has 4 nitrogen and oxygen atoms in total. The van der Waals surface area contributed by atoms with E-state index in [9.17, 15) is 8.42 Å². The number of nitrogens with one attached hydrogen (secondary N) is 1. The molecular formula is C32H35ClN2O2RuS. The van der Waals surface area contributed by atoms with E-state index in [1.165, 1.54) is 11.1 Å². The van der Waals surface area contributed by atoms with Crippen LogP contribution in [0.4, 0.5) is 0 Å². The predicted octanol–water partition coefficient (Wildman–Crippen LogP) is 9.58. The summed E-state index contributed by atoms with van der Waals surface area (Å²) in [5.74, 6) is 0.607. The van der Waals surface area contributed by atoms with E-state index in [2.05, 4.69) is 60.3 Å². The van der Waals surface area contributed by atoms with Crippen LogP contribution in [0.15, 0.2) is 108 Å². The zero-order valence-corrected chi connectivity index (χ0v) is 26.0. The maximum atomic E-state index is 12.8. The SMILES string of the molecule is Cc1ccc(S(=O)(=O)[N-][C@H](c2ccccc2)[C@H]([NH-])c2ccccc2)cc1.[CH2-]c1cc(C(C)C)ccc1C.[Cl][Ru+3]. The Morgan fingerprint density at radius 3 is 1.77 bits per heavy atom. The molecule has 0 heterocycles. The molecule has 206 valence electrons. The minimum absolute atomic E-state index is 0.143. The molecule has 39 heavy (non-hydrogen) atoms. The third kappa shape index (κ3) is 9.90. The quantitative estimate of drug-likeness (QED) is 0.148. The zero-order valence-electron chi connectivity index (χ0n) is 22.7. The molecule has 0 fully saturated rings. The topological polar surface area (TPSA) is 72.0 Å². The van der Waals surface area contributed by atoms with Crippen molar-refractivity contribution >= 4 is 19.7 Å². The molecular weight excluding hydrogens is 613 g/mol. The third-order valence-electron chi connectivity index (χ3n) is 6.23. The molecule has 0 radical (unpaired) electrons. The van der Waals surface area contributed by atoms with Gasteiger partial charge in [0, 0.05) is 4.90 Å². The summed E-state index contributed by atoms with van der Waals surface area (Å²) < 4.78 is 29.8. The van der Waals surface area contributed by atoms with E-state index in [1.54, 1.807) is 24.3 Å². The van der Waals surface area contributed by atoms with Gasteiger partial charge in [-0.15, -0.1) is 23.7 Å². The van der Waals surface area contributed by atoms with Crippen LogP contribution in [0.3, 0.4) is 0 Å². The van der Waals surface area contributed by atoms with E-state index < -0.39 is 22.1 Å². The molecule has 7 heteroatoms. The number of sulfonamides is 1. The van der Waals surface area contributed by atoms with Crippen LogP contribution >= 0.6 is 9.69 Å². The first-order chi connectivity index (χ1) is 18.6. The van der Waals surface area contributed by atoms with Crippen LogP contribution < -0.4 is 0 Å². The molecule has 0 spiro atoms. The molecule has 0 unspecified atom stereocenters. The Balaban J connectivity index is 0.000000343. The summed E-state index contributed by atoms with van der Waals surface area (Å²) in [5, 5.41) is 0. The van der Waals surface area contributed by atoms with Crippen LogP contribution in [0, 0.1) is 20.8 Å². The molecule has 0 bridgehead atoms. The molecule has 1 N–H and O–H groups in total. The summed E-state index contributed by atoms with van der Waals surface area (Å²) >= 11 is 1.82. The van der Waals surface area contributed by atoms with Gasteiger partial charge in [-0.2, -0.15) is 24.1 Å². The van der Waals surface area contributed by atoms with Crippen LogP contribution in [-0.2, 0) is 27.3 Å². The average Bonchev–Trinajstić information content (AvgIpc) is 2.95. The van der Waals surface area contributed by atoms with Gasteiger partial charge >= 0.3 is 27.0 Å². The fourth-order valence-corrected chi connectivity index (χ4v) is 4.92. The Kier molecular flexibility index (Phi) is 13.4. The first-order valence-corrected chi connectivity index (χ1v) is 16.2. The summed E-state index contributed by atoms with van der Waals surface area (Å²) in [6.07, 6.45) is 0. The van der Waals surface area contributed by atoms with Crippen molar-refractivity contribution in [3.05, 3.63) is 154 Å². The Morgan fingerprint density at radius 2 is 1.28 bits per heavy atom. The number of halogens is 1. The number of hydrogen-bond donors (Lipinski definition) is 0. The number of rotatable bonds is 7. The first kappa shape index (κ1) is 32.7. The molecule has 0 saturated heterocycles. The molecule has 0 saturated carbocycles. The molecule has 0 amide bonds. The molecule has 0 aromatic heterocycles. The van der Waals surface area contributed by atoms with E-state index in [1.807, 2.05) is 84.9 Å². The van der Waals surface area contributed by atoms with Crippen molar-refractivity contribution in [3.63, 3.8) is 0 Å². The summed E-state index contributed by atoms with van der Waals surface area (Å²) in [6, 6.07) is 29.8. The van der Waals surface area contributed by atoms with Gasteiger partial charge in [0.05, 0.1) is 0 Å². The number of nitrogens with zero attached hydrogens (tertiary/aromatic N) is 1. The second-order valence-electron chi connectivity index (χ2n) is 9.48. The van der Waals surface area contributed by atoms with Crippen LogP contribution in [-0.4, -0.2) is 8.42 Å². The standard InChI is InChI=1S/C21H20N2O2S.C11H15.ClH.Ru/c1-16-12-14-19(15-13-16)26(24,25)23-21(18-10-6-3-7-11-18)20(22)17-8-4-2-5-9-17;1-8(2)11-6-5-9(3)10(4)7-11;;/h2-15,20-22H,1H3;5-8H,4H2,1-3H3;1H;/q-2;-1;;+4/p-1/t20-,21-;;;/m1.../s1. The third-order valence-corrected chi connectivity index (χ3v) is 7.60. The number of hydrogen-bond acceptors (Lipinski definition) is 2. The summed E-state index contributed by atoms with van der Waals surface area (Å²) in [7, 11) is 0.696. The molecule has 4 aromatic carbocycles. The summed E-state index contributed by atoms with van der Waals surface area (Å²) in [6.45, 7) is 12.3. The molecule has 0 aliphatic rings. The van der Waals surface area contributed by atoms with Gasteiger partial charge in [-0.3, -0.25) is 0 Å². The Labute approximate surface area is 248 Å². The molecule has 2 atom stereocenters. The normalized spacial score (nSPS) is 12.4. The number of benzene rings is 4. The zero-order chi connectivity index (χ0) is 29.0. The predicted molar refractivity (Wildman–Crippen MR) is 160 cm³/mol. The summed E-state index contributed by atoms with van der Waals surface area (Å²) in [5.41, 5.74) is 14.8. The second-order valence-corrected chi connectivity index (χ2v) is 11.1. The van der Waals surface area contributed by atoms with Crippen molar-refractivity contribution in [2.24, 2.45) is 0 Å². The molecule has 0 aliphatic carbocycles. The van der Waals surface area contributed by atoms with Crippen molar-refractivity contribution in [3.8, 4) is 0 Å². The molecule has 4 aromatic rings. The van der Waals surface area contributed by atoms with Gasteiger partial charge < -0.3 is 10.5 Å². The Morgan fingerprint density at radius 1 is 0.769 bits per heavy atom. The van der Waals surface area contributed by atoms with Crippen molar-refractivity contribution in [2.75, 3.05) is 0 Å². The van der Waals surface area contributed by atoms with Gasteiger partial charge in [0.15, 0.2) is 0 Å². The van der Waals surface area contributed by atoms with Crippen LogP contribution in [0.25, 0.3) is 10.5 Å². The van der Waals surface area contributed by atoms with Gasteiger partial charge in [-0.25, -0.2) is 8.42 Å². The van der Waals surface area contributed by atoms with Crippen molar-refractivity contribution < 1.29 is 25.7 Å². The van der Waals surface area contributed by atoms with Gasteiger partial charge in [-0.1, -0.05) is 116 Å². The van der Waals surface area contributed by atoms with Crippen molar-refractivity contribution in [2.45, 2.75) is 50.6 Å². The first-order valence-electron chi connectivity index (χ1n) is 12.5. The maximum absolute atomic E-state index is 12.8. The van der Waals surface area contributed by atoms with Gasteiger partial charge in [-0.05, 0) is 25.0 Å². The van der Waals surface area contributed by atoms with Crippen molar-refractivity contribution in [1.82, 2.24) is 0 Å². The van der Waals surface area contributed by atoms with Crippen LogP contribution in [0.1, 0.15) is 65.2 Å². The fraction of sp³-hybridized carbons (Fsp3) is 0.219. The van der Waals surface area contributed by atoms with E-state index in [-0.39, 0.29) is 4.90 Å². The molecule has 0 aliphatic heterocycles. The van der Waals surface area contributed by atoms with Gasteiger partial charge in [0.2, 0.25) is 0 Å². The van der Waals surface area contributed by atoms with E-state index in [0.29, 0.717) is 11.5 Å². The minimum atomic E-state index is -3.87. The molecule has 4 rings (SSSR count). The number of aryl methyl sites for hydroxylation is 2. The van der Waals surface area contributed by atoms with Gasteiger partial charge in [0.25, 0.3) is 0 Å². The fourth-order valence-electron chi connectivity index (χ4n) is 3.78. The average molecular weight is 648 g/mol. The van der Waals surface area contributed by atoms with E-state index >= 15 is 0 Å². The monoisotopic (exact) mass is 648 g/mol. The second kappa shape index (κ2) is 16.0. The van der Waals surface area contributed by atoms with Crippen LogP contribution in [0.2, 0.25) is 0 Å². The Bertz CT molecular complexity index is 1380. The van der Waals surface area contributed by atoms with Gasteiger partial charge in [0.1, 0.15) is 10.0 Å². The summed E-state index contributed by atoms with van der Waals surface area (Å²) in [4.78, 5) is 0.143. The van der Waals surface area contributed by atoms with E-state index in [4.69, 9.17) is 5.73 Å².